The molecule has 3 heterocycles. The van der Waals surface area contributed by atoms with Crippen LogP contribution in [0.1, 0.15) is 28.9 Å². The molecule has 30 heavy (non-hydrogen) atoms. The first-order chi connectivity index (χ1) is 14.5. The number of rotatable bonds is 4. The van der Waals surface area contributed by atoms with Crippen LogP contribution in [0.5, 0.6) is 11.8 Å². The number of nitrogens with two attached hydrogens (primary N) is 1. The Balaban J connectivity index is 1.61. The van der Waals surface area contributed by atoms with Crippen molar-refractivity contribution in [1.82, 2.24) is 15.0 Å². The zero-order chi connectivity index (χ0) is 20.8. The topological polar surface area (TPSA) is 89.2 Å². The van der Waals surface area contributed by atoms with Gasteiger partial charge in [-0.25, -0.2) is 0 Å². The molecular formula is C23H26N6O. The van der Waals surface area contributed by atoms with Gasteiger partial charge >= 0.3 is 6.01 Å². The minimum absolute atomic E-state index is 0.161. The first-order valence-electron chi connectivity index (χ1n) is 10.4. The van der Waals surface area contributed by atoms with Gasteiger partial charge in [0.1, 0.15) is 11.6 Å². The molecule has 0 unspecified atom stereocenters. The second-order valence-electron chi connectivity index (χ2n) is 8.08. The number of ether oxygens (including phenoxy) is 1. The predicted octanol–water partition coefficient (Wildman–Crippen LogP) is 3.43. The SMILES string of the molecule is CNc1cccc2c1Cc1nc(Oc3cnc(C)c(C)c3)nc(N3CC[C@@H](N)C3)c1-2. The van der Waals surface area contributed by atoms with E-state index in [-0.39, 0.29) is 6.04 Å². The lowest BCUT2D eigenvalue weighted by molar-refractivity contribution is 0.437. The highest BCUT2D eigenvalue weighted by Crippen LogP contribution is 2.45. The molecule has 3 aromatic rings. The van der Waals surface area contributed by atoms with Crippen molar-refractivity contribution in [3.63, 3.8) is 0 Å². The van der Waals surface area contributed by atoms with Gasteiger partial charge in [0.25, 0.3) is 0 Å². The van der Waals surface area contributed by atoms with E-state index in [9.17, 15) is 0 Å². The Morgan fingerprint density at radius 3 is 2.83 bits per heavy atom. The summed E-state index contributed by atoms with van der Waals surface area (Å²) in [6.45, 7) is 5.67. The maximum absolute atomic E-state index is 6.21. The molecule has 1 aliphatic heterocycles. The summed E-state index contributed by atoms with van der Waals surface area (Å²) < 4.78 is 6.06. The minimum atomic E-state index is 0.161. The number of nitrogens with one attached hydrogen (secondary N) is 1. The summed E-state index contributed by atoms with van der Waals surface area (Å²) in [6.07, 6.45) is 3.43. The minimum Gasteiger partial charge on any atom is -0.423 e. The lowest BCUT2D eigenvalue weighted by Crippen LogP contribution is -2.27. The van der Waals surface area contributed by atoms with Gasteiger partial charge in [-0.15, -0.1) is 0 Å². The molecule has 0 radical (unpaired) electrons. The summed E-state index contributed by atoms with van der Waals surface area (Å²) in [7, 11) is 1.95. The van der Waals surface area contributed by atoms with E-state index in [0.29, 0.717) is 11.8 Å². The molecule has 7 heteroatoms. The van der Waals surface area contributed by atoms with Gasteiger partial charge in [0, 0.05) is 49.5 Å². The predicted molar refractivity (Wildman–Crippen MR) is 118 cm³/mol. The summed E-state index contributed by atoms with van der Waals surface area (Å²) in [5.74, 6) is 1.56. The highest BCUT2D eigenvalue weighted by molar-refractivity contribution is 5.88. The Morgan fingerprint density at radius 1 is 1.23 bits per heavy atom. The Bertz CT molecular complexity index is 1130. The van der Waals surface area contributed by atoms with E-state index in [1.807, 2.05) is 27.0 Å². The van der Waals surface area contributed by atoms with Crippen molar-refractivity contribution in [3.05, 3.63) is 53.0 Å². The summed E-state index contributed by atoms with van der Waals surface area (Å²) >= 11 is 0. The second kappa shape index (κ2) is 7.25. The molecule has 0 saturated carbocycles. The van der Waals surface area contributed by atoms with Crippen molar-refractivity contribution in [2.24, 2.45) is 5.73 Å². The molecule has 7 nitrogen and oxygen atoms in total. The van der Waals surface area contributed by atoms with Crippen molar-refractivity contribution in [3.8, 4) is 22.9 Å². The Hall–Kier alpha value is -3.19. The maximum atomic E-state index is 6.21. The number of nitrogens with zero attached hydrogens (tertiary/aromatic N) is 4. The lowest BCUT2D eigenvalue weighted by atomic mass is 10.1. The highest BCUT2D eigenvalue weighted by Gasteiger charge is 2.32. The summed E-state index contributed by atoms with van der Waals surface area (Å²) in [5.41, 5.74) is 13.9. The smallest absolute Gasteiger partial charge is 0.324 e. The van der Waals surface area contributed by atoms with Gasteiger partial charge in [-0.1, -0.05) is 12.1 Å². The van der Waals surface area contributed by atoms with E-state index in [4.69, 9.17) is 20.4 Å². The van der Waals surface area contributed by atoms with E-state index < -0.39 is 0 Å². The molecule has 2 aliphatic rings. The highest BCUT2D eigenvalue weighted by atomic mass is 16.5. The number of aromatic nitrogens is 3. The van der Waals surface area contributed by atoms with Gasteiger partial charge in [0.2, 0.25) is 0 Å². The first kappa shape index (κ1) is 18.8. The largest absolute Gasteiger partial charge is 0.423 e. The molecule has 1 atom stereocenters. The van der Waals surface area contributed by atoms with Crippen molar-refractivity contribution < 1.29 is 4.74 Å². The zero-order valence-corrected chi connectivity index (χ0v) is 17.6. The molecule has 1 aromatic carbocycles. The number of fused-ring (bicyclic) bond motifs is 3. The molecule has 5 rings (SSSR count). The first-order valence-corrected chi connectivity index (χ1v) is 10.4. The fourth-order valence-electron chi connectivity index (χ4n) is 4.32. The van der Waals surface area contributed by atoms with Crippen LogP contribution in [-0.4, -0.2) is 41.1 Å². The molecule has 2 aromatic heterocycles. The van der Waals surface area contributed by atoms with Crippen LogP contribution in [0.3, 0.4) is 0 Å². The van der Waals surface area contributed by atoms with Crippen LogP contribution in [0, 0.1) is 13.8 Å². The van der Waals surface area contributed by atoms with Gasteiger partial charge < -0.3 is 20.7 Å². The number of hydrogen-bond acceptors (Lipinski definition) is 7. The molecule has 154 valence electrons. The van der Waals surface area contributed by atoms with Crippen LogP contribution >= 0.6 is 0 Å². The van der Waals surface area contributed by atoms with Crippen molar-refractivity contribution >= 4 is 11.5 Å². The Kier molecular flexibility index (Phi) is 4.55. The molecular weight excluding hydrogens is 376 g/mol. The average molecular weight is 403 g/mol. The van der Waals surface area contributed by atoms with E-state index in [1.54, 1.807) is 6.20 Å². The van der Waals surface area contributed by atoms with Crippen molar-refractivity contribution in [1.29, 1.82) is 0 Å². The summed E-state index contributed by atoms with van der Waals surface area (Å²) in [4.78, 5) is 16.3. The number of hydrogen-bond donors (Lipinski definition) is 2. The van der Waals surface area contributed by atoms with Crippen LogP contribution in [0.15, 0.2) is 30.5 Å². The molecule has 1 aliphatic carbocycles. The quantitative estimate of drug-likeness (QED) is 0.540. The van der Waals surface area contributed by atoms with Gasteiger partial charge in [-0.2, -0.15) is 9.97 Å². The third-order valence-corrected chi connectivity index (χ3v) is 6.05. The van der Waals surface area contributed by atoms with Crippen LogP contribution in [0.2, 0.25) is 0 Å². The zero-order valence-electron chi connectivity index (χ0n) is 17.6. The standard InChI is InChI=1S/C23H26N6O/c1-13-9-16(11-26-14(13)2)30-23-27-20-10-18-17(5-4-6-19(18)25-3)21(20)22(28-23)29-8-7-15(24)12-29/h4-6,9,11,15,25H,7-8,10,12,24H2,1-3H3/t15-/m1/s1. The van der Waals surface area contributed by atoms with Crippen LogP contribution < -0.4 is 20.7 Å². The number of aryl methyl sites for hydroxylation is 2. The average Bonchev–Trinajstić information content (AvgIpc) is 3.33. The third kappa shape index (κ3) is 3.15. The number of anilines is 2. The molecule has 0 amide bonds. The Morgan fingerprint density at radius 2 is 2.10 bits per heavy atom. The van der Waals surface area contributed by atoms with E-state index >= 15 is 0 Å². The lowest BCUT2D eigenvalue weighted by Gasteiger charge is -2.21. The van der Waals surface area contributed by atoms with E-state index in [1.165, 1.54) is 11.1 Å². The summed E-state index contributed by atoms with van der Waals surface area (Å²) in [5, 5.41) is 3.30. The van der Waals surface area contributed by atoms with Crippen LogP contribution in [-0.2, 0) is 6.42 Å². The molecule has 0 bridgehead atoms. The van der Waals surface area contributed by atoms with E-state index in [2.05, 4.69) is 33.4 Å². The van der Waals surface area contributed by atoms with Crippen LogP contribution in [0.25, 0.3) is 11.1 Å². The molecule has 1 saturated heterocycles. The van der Waals surface area contributed by atoms with Gasteiger partial charge in [-0.3, -0.25) is 4.98 Å². The van der Waals surface area contributed by atoms with Crippen LogP contribution in [0.4, 0.5) is 11.5 Å². The normalized spacial score (nSPS) is 17.1. The monoisotopic (exact) mass is 402 g/mol. The van der Waals surface area contributed by atoms with Gasteiger partial charge in [0.15, 0.2) is 0 Å². The fraction of sp³-hybridized carbons (Fsp3) is 0.348. The van der Waals surface area contributed by atoms with Crippen molar-refractivity contribution in [2.45, 2.75) is 32.7 Å². The van der Waals surface area contributed by atoms with Crippen molar-refractivity contribution in [2.75, 3.05) is 30.4 Å². The van der Waals surface area contributed by atoms with E-state index in [0.717, 1.165) is 60.0 Å². The number of benzene rings is 1. The second-order valence-corrected chi connectivity index (χ2v) is 8.08. The fourth-order valence-corrected chi connectivity index (χ4v) is 4.32. The third-order valence-electron chi connectivity index (χ3n) is 6.05. The number of pyridine rings is 1. The molecule has 0 spiro atoms. The maximum Gasteiger partial charge on any atom is 0.324 e. The summed E-state index contributed by atoms with van der Waals surface area (Å²) in [6, 6.07) is 8.81. The van der Waals surface area contributed by atoms with Gasteiger partial charge in [0.05, 0.1) is 11.9 Å². The Labute approximate surface area is 176 Å². The van der Waals surface area contributed by atoms with Gasteiger partial charge in [-0.05, 0) is 49.1 Å². The molecule has 3 N–H and O–H groups in total. The molecule has 1 fully saturated rings.